The summed E-state index contributed by atoms with van der Waals surface area (Å²) < 4.78 is 16.3. The lowest BCUT2D eigenvalue weighted by molar-refractivity contribution is 0.0491. The largest absolute Gasteiger partial charge is 0.493 e. The highest BCUT2D eigenvalue weighted by Crippen LogP contribution is 2.41. The highest BCUT2D eigenvalue weighted by molar-refractivity contribution is 8.76. The number of hydrogen-bond acceptors (Lipinski definition) is 8. The van der Waals surface area contributed by atoms with Crippen LogP contribution < -0.4 is 14.4 Å². The molecule has 0 bridgehead atoms. The predicted octanol–water partition coefficient (Wildman–Crippen LogP) is 3.93. The monoisotopic (exact) mass is 482 g/mol. The summed E-state index contributed by atoms with van der Waals surface area (Å²) in [5.74, 6) is 1.41. The number of aliphatic hydroxyl groups excluding tert-OH is 1. The van der Waals surface area contributed by atoms with Gasteiger partial charge in [0.15, 0.2) is 17.7 Å². The van der Waals surface area contributed by atoms with Crippen molar-refractivity contribution in [1.82, 2.24) is 4.90 Å². The number of hydrogen-bond donors (Lipinski definition) is 1. The molecule has 2 aliphatic rings. The molecule has 0 aliphatic carbocycles. The Labute approximate surface area is 196 Å². The lowest BCUT2D eigenvalue weighted by Gasteiger charge is -2.31. The lowest BCUT2D eigenvalue weighted by Crippen LogP contribution is -2.51. The summed E-state index contributed by atoms with van der Waals surface area (Å²) >= 11 is 0. The van der Waals surface area contributed by atoms with E-state index in [1.54, 1.807) is 26.5 Å². The molecule has 1 aromatic carbocycles. The van der Waals surface area contributed by atoms with Gasteiger partial charge in [0.05, 0.1) is 31.5 Å². The second-order valence-electron chi connectivity index (χ2n) is 7.77. The Kier molecular flexibility index (Phi) is 8.24. The minimum Gasteiger partial charge on any atom is -0.493 e. The van der Waals surface area contributed by atoms with E-state index < -0.39 is 18.4 Å². The van der Waals surface area contributed by atoms with E-state index in [2.05, 4.69) is 13.5 Å². The number of amides is 2. The van der Waals surface area contributed by atoms with Gasteiger partial charge in [0.25, 0.3) is 5.91 Å². The third-order valence-electron chi connectivity index (χ3n) is 5.31. The van der Waals surface area contributed by atoms with Crippen LogP contribution in [0.2, 0.25) is 0 Å². The van der Waals surface area contributed by atoms with Gasteiger partial charge in [-0.2, -0.15) is 0 Å². The number of anilines is 1. The SMILES string of the molecule is C=C1C[C@H]2C(O)N(C(=O)OC[C@@H](C)SSCCC)c3cc(OC)c(OC)cc3C(=O)N2C1. The van der Waals surface area contributed by atoms with E-state index in [9.17, 15) is 14.7 Å². The van der Waals surface area contributed by atoms with Gasteiger partial charge in [0.2, 0.25) is 0 Å². The number of benzene rings is 1. The maximum Gasteiger partial charge on any atom is 0.416 e. The Morgan fingerprint density at radius 1 is 1.31 bits per heavy atom. The molecule has 1 fully saturated rings. The fourth-order valence-electron chi connectivity index (χ4n) is 3.77. The highest BCUT2D eigenvalue weighted by Gasteiger charge is 2.46. The van der Waals surface area contributed by atoms with Crippen molar-refractivity contribution in [1.29, 1.82) is 0 Å². The Hall–Kier alpha value is -2.04. The molecule has 10 heteroatoms. The molecule has 1 aromatic rings. The standard InChI is InChI=1S/C22H30N2O6S2/c1-6-7-31-32-14(3)12-30-22(27)24-16-10-19(29-5)18(28-4)9-15(16)20(25)23-11-13(2)8-17(23)21(24)26/h9-10,14,17,21,26H,2,6-8,11-12H2,1,3-5H3/t14-,17+,21?/m1/s1. The number of ether oxygens (including phenoxy) is 3. The lowest BCUT2D eigenvalue weighted by atomic mass is 10.1. The molecule has 1 saturated heterocycles. The molecule has 2 heterocycles. The van der Waals surface area contributed by atoms with Gasteiger partial charge in [0, 0.05) is 23.6 Å². The zero-order valence-electron chi connectivity index (χ0n) is 18.8. The molecule has 0 spiro atoms. The minimum atomic E-state index is -1.29. The summed E-state index contributed by atoms with van der Waals surface area (Å²) in [6.45, 7) is 8.56. The van der Waals surface area contributed by atoms with Crippen LogP contribution in [0.4, 0.5) is 10.5 Å². The molecule has 1 N–H and O–H groups in total. The normalized spacial score (nSPS) is 21.0. The topological polar surface area (TPSA) is 88.5 Å². The Morgan fingerprint density at radius 2 is 2.00 bits per heavy atom. The second kappa shape index (κ2) is 10.7. The van der Waals surface area contributed by atoms with Gasteiger partial charge in [-0.3, -0.25) is 4.79 Å². The van der Waals surface area contributed by atoms with Gasteiger partial charge in [-0.1, -0.05) is 40.7 Å². The molecule has 0 saturated carbocycles. The first-order valence-electron chi connectivity index (χ1n) is 10.5. The summed E-state index contributed by atoms with van der Waals surface area (Å²) in [6.07, 6.45) is -0.531. The Bertz CT molecular complexity index is 880. The molecule has 2 amide bonds. The van der Waals surface area contributed by atoms with Crippen molar-refractivity contribution in [3.63, 3.8) is 0 Å². The summed E-state index contributed by atoms with van der Waals surface area (Å²) in [4.78, 5) is 29.2. The van der Waals surface area contributed by atoms with Gasteiger partial charge in [0.1, 0.15) is 6.61 Å². The van der Waals surface area contributed by atoms with E-state index in [0.717, 1.165) is 22.6 Å². The van der Waals surface area contributed by atoms with E-state index in [0.29, 0.717) is 24.5 Å². The van der Waals surface area contributed by atoms with E-state index in [1.807, 2.05) is 6.92 Å². The number of rotatable bonds is 8. The van der Waals surface area contributed by atoms with Gasteiger partial charge in [-0.25, -0.2) is 9.69 Å². The van der Waals surface area contributed by atoms with Gasteiger partial charge < -0.3 is 24.2 Å². The zero-order chi connectivity index (χ0) is 23.4. The van der Waals surface area contributed by atoms with Crippen molar-refractivity contribution in [2.45, 2.75) is 44.2 Å². The maximum absolute atomic E-state index is 13.4. The number of nitrogens with zero attached hydrogens (tertiary/aromatic N) is 2. The summed E-state index contributed by atoms with van der Waals surface area (Å²) in [5, 5.41) is 11.3. The average Bonchev–Trinajstić information content (AvgIpc) is 3.15. The Balaban J connectivity index is 1.94. The molecule has 176 valence electrons. The van der Waals surface area contributed by atoms with Crippen molar-refractivity contribution >= 4 is 39.3 Å². The Morgan fingerprint density at radius 3 is 2.66 bits per heavy atom. The van der Waals surface area contributed by atoms with Crippen molar-refractivity contribution in [2.75, 3.05) is 38.0 Å². The van der Waals surface area contributed by atoms with Crippen LogP contribution in [0.15, 0.2) is 24.3 Å². The molecular weight excluding hydrogens is 452 g/mol. The molecule has 1 unspecified atom stereocenters. The molecule has 3 rings (SSSR count). The first-order valence-corrected chi connectivity index (χ1v) is 12.9. The van der Waals surface area contributed by atoms with E-state index in [1.165, 1.54) is 26.4 Å². The average molecular weight is 483 g/mol. The fraction of sp³-hybridized carbons (Fsp3) is 0.545. The highest BCUT2D eigenvalue weighted by atomic mass is 33.1. The van der Waals surface area contributed by atoms with Gasteiger partial charge in [-0.15, -0.1) is 0 Å². The molecule has 3 atom stereocenters. The van der Waals surface area contributed by atoms with Gasteiger partial charge >= 0.3 is 6.09 Å². The first-order chi connectivity index (χ1) is 15.3. The smallest absolute Gasteiger partial charge is 0.416 e. The van der Waals surface area contributed by atoms with E-state index >= 15 is 0 Å². The second-order valence-corrected chi connectivity index (χ2v) is 10.7. The fourth-order valence-corrected chi connectivity index (χ4v) is 6.04. The molecule has 0 radical (unpaired) electrons. The van der Waals surface area contributed by atoms with Crippen LogP contribution in [-0.4, -0.2) is 72.7 Å². The molecule has 32 heavy (non-hydrogen) atoms. The first kappa shape index (κ1) is 24.6. The van der Waals surface area contributed by atoms with Crippen molar-refractivity contribution in [3.05, 3.63) is 29.8 Å². The quantitative estimate of drug-likeness (QED) is 0.339. The van der Waals surface area contributed by atoms with Crippen LogP contribution in [0.25, 0.3) is 0 Å². The van der Waals surface area contributed by atoms with Crippen molar-refractivity contribution in [2.24, 2.45) is 0 Å². The van der Waals surface area contributed by atoms with Crippen molar-refractivity contribution in [3.8, 4) is 11.5 Å². The summed E-state index contributed by atoms with van der Waals surface area (Å²) in [6, 6.07) is 2.45. The van der Waals surface area contributed by atoms with Crippen LogP contribution in [0.1, 0.15) is 37.0 Å². The molecular formula is C22H30N2O6S2. The van der Waals surface area contributed by atoms with Gasteiger partial charge in [-0.05, 0) is 25.8 Å². The third kappa shape index (κ3) is 4.97. The van der Waals surface area contributed by atoms with Crippen LogP contribution in [0.5, 0.6) is 11.5 Å². The van der Waals surface area contributed by atoms with Crippen LogP contribution in [-0.2, 0) is 4.74 Å². The van der Waals surface area contributed by atoms with E-state index in [4.69, 9.17) is 14.2 Å². The number of aliphatic hydroxyl groups is 1. The maximum atomic E-state index is 13.4. The zero-order valence-corrected chi connectivity index (χ0v) is 20.5. The minimum absolute atomic E-state index is 0.0777. The molecule has 2 aliphatic heterocycles. The van der Waals surface area contributed by atoms with Crippen molar-refractivity contribution < 1.29 is 28.9 Å². The van der Waals surface area contributed by atoms with Crippen LogP contribution >= 0.6 is 21.6 Å². The predicted molar refractivity (Wildman–Crippen MR) is 128 cm³/mol. The van der Waals surface area contributed by atoms with E-state index in [-0.39, 0.29) is 29.0 Å². The van der Waals surface area contributed by atoms with Crippen LogP contribution in [0, 0.1) is 0 Å². The third-order valence-corrected chi connectivity index (χ3v) is 8.38. The number of carbonyl (C=O) groups is 2. The number of fused-ring (bicyclic) bond motifs is 2. The molecule has 8 nitrogen and oxygen atoms in total. The molecule has 0 aromatic heterocycles. The summed E-state index contributed by atoms with van der Waals surface area (Å²) in [5.41, 5.74) is 1.28. The summed E-state index contributed by atoms with van der Waals surface area (Å²) in [7, 11) is 6.33. The van der Waals surface area contributed by atoms with Crippen LogP contribution in [0.3, 0.4) is 0 Å². The number of methoxy groups -OCH3 is 2. The number of carbonyl (C=O) groups excluding carboxylic acids is 2.